The predicted molar refractivity (Wildman–Crippen MR) is 87.3 cm³/mol. The number of nitrogens with one attached hydrogen (secondary N) is 2. The minimum Gasteiger partial charge on any atom is -0.376 e. The molecule has 0 spiro atoms. The molecule has 2 rings (SSSR count). The number of anilines is 1. The van der Waals surface area contributed by atoms with Crippen LogP contribution in [0, 0.1) is 19.8 Å². The van der Waals surface area contributed by atoms with Gasteiger partial charge in [0, 0.05) is 11.7 Å². The van der Waals surface area contributed by atoms with Crippen LogP contribution >= 0.6 is 0 Å². The number of rotatable bonds is 5. The van der Waals surface area contributed by atoms with Crippen molar-refractivity contribution in [1.29, 1.82) is 0 Å². The van der Waals surface area contributed by atoms with Crippen molar-refractivity contribution in [3.8, 4) is 0 Å². The molecule has 1 aromatic carbocycles. The van der Waals surface area contributed by atoms with Crippen LogP contribution in [0.5, 0.6) is 0 Å². The molecule has 116 valence electrons. The third-order valence-electron chi connectivity index (χ3n) is 4.47. The number of nitrogens with two attached hydrogens (primary N) is 1. The summed E-state index contributed by atoms with van der Waals surface area (Å²) in [4.78, 5) is 12.2. The van der Waals surface area contributed by atoms with Gasteiger partial charge in [-0.2, -0.15) is 0 Å². The van der Waals surface area contributed by atoms with Gasteiger partial charge in [0.15, 0.2) is 0 Å². The predicted octanol–water partition coefficient (Wildman–Crippen LogP) is 2.35. The van der Waals surface area contributed by atoms with Gasteiger partial charge in [-0.1, -0.05) is 31.0 Å². The second-order valence-corrected chi connectivity index (χ2v) is 6.07. The number of carbonyl (C=O) groups is 1. The highest BCUT2D eigenvalue weighted by atomic mass is 16.2. The Morgan fingerprint density at radius 2 is 1.90 bits per heavy atom. The van der Waals surface area contributed by atoms with Gasteiger partial charge in [0.1, 0.15) is 0 Å². The number of carbonyl (C=O) groups excluding carboxylic acids is 1. The lowest BCUT2D eigenvalue weighted by Gasteiger charge is -2.31. The average Bonchev–Trinajstić information content (AvgIpc) is 2.47. The number of benzene rings is 1. The number of hydrogen-bond donors (Lipinski definition) is 3. The second-order valence-electron chi connectivity index (χ2n) is 6.07. The van der Waals surface area contributed by atoms with Crippen molar-refractivity contribution in [3.05, 3.63) is 29.3 Å². The maximum absolute atomic E-state index is 12.2. The molecule has 21 heavy (non-hydrogen) atoms. The molecular weight excluding hydrogens is 262 g/mol. The molecule has 0 bridgehead atoms. The Hall–Kier alpha value is -1.55. The van der Waals surface area contributed by atoms with Crippen molar-refractivity contribution >= 4 is 11.6 Å². The van der Waals surface area contributed by atoms with Crippen molar-refractivity contribution in [3.63, 3.8) is 0 Å². The number of amides is 1. The van der Waals surface area contributed by atoms with Crippen LogP contribution in [0.1, 0.15) is 36.8 Å². The fraction of sp³-hybridized carbons (Fsp3) is 0.588. The lowest BCUT2D eigenvalue weighted by Crippen LogP contribution is -2.46. The highest BCUT2D eigenvalue weighted by molar-refractivity contribution is 5.81. The van der Waals surface area contributed by atoms with E-state index in [0.717, 1.165) is 18.5 Å². The van der Waals surface area contributed by atoms with E-state index < -0.39 is 0 Å². The molecule has 1 fully saturated rings. The third kappa shape index (κ3) is 4.21. The fourth-order valence-electron chi connectivity index (χ4n) is 3.20. The smallest absolute Gasteiger partial charge is 0.239 e. The first-order valence-corrected chi connectivity index (χ1v) is 7.91. The standard InChI is InChI=1S/C17H27N3O/c1-12-6-5-7-13(2)17(12)19-11-16(21)20-15-9-4-3-8-14(15)10-18/h5-7,14-15,19H,3-4,8-11,18H2,1-2H3,(H,20,21). The van der Waals surface area contributed by atoms with Gasteiger partial charge in [0.05, 0.1) is 6.54 Å². The molecule has 0 aliphatic heterocycles. The molecular formula is C17H27N3O. The molecule has 1 amide bonds. The van der Waals surface area contributed by atoms with Crippen molar-refractivity contribution in [1.82, 2.24) is 5.32 Å². The van der Waals surface area contributed by atoms with Crippen LogP contribution in [0.3, 0.4) is 0 Å². The first-order chi connectivity index (χ1) is 10.1. The van der Waals surface area contributed by atoms with Gasteiger partial charge in [-0.15, -0.1) is 0 Å². The van der Waals surface area contributed by atoms with Crippen LogP contribution in [0.2, 0.25) is 0 Å². The van der Waals surface area contributed by atoms with E-state index in [0.29, 0.717) is 19.0 Å². The molecule has 1 aliphatic rings. The molecule has 1 saturated carbocycles. The molecule has 0 radical (unpaired) electrons. The molecule has 4 heteroatoms. The molecule has 4 N–H and O–H groups in total. The van der Waals surface area contributed by atoms with E-state index in [-0.39, 0.29) is 11.9 Å². The number of para-hydroxylation sites is 1. The molecule has 4 nitrogen and oxygen atoms in total. The van der Waals surface area contributed by atoms with Gasteiger partial charge in [0.2, 0.25) is 5.91 Å². The van der Waals surface area contributed by atoms with Gasteiger partial charge < -0.3 is 16.4 Å². The Kier molecular flexibility index (Phi) is 5.62. The molecule has 0 saturated heterocycles. The number of aryl methyl sites for hydroxylation is 2. The van der Waals surface area contributed by atoms with Crippen molar-refractivity contribution < 1.29 is 4.79 Å². The van der Waals surface area contributed by atoms with Gasteiger partial charge in [-0.25, -0.2) is 0 Å². The Labute approximate surface area is 127 Å². The van der Waals surface area contributed by atoms with Crippen LogP contribution in [0.15, 0.2) is 18.2 Å². The summed E-state index contributed by atoms with van der Waals surface area (Å²) in [5.74, 6) is 0.492. The van der Waals surface area contributed by atoms with Crippen LogP contribution < -0.4 is 16.4 Å². The SMILES string of the molecule is Cc1cccc(C)c1NCC(=O)NC1CCCCC1CN. The van der Waals surface area contributed by atoms with E-state index in [2.05, 4.69) is 36.6 Å². The first-order valence-electron chi connectivity index (χ1n) is 7.91. The summed E-state index contributed by atoms with van der Waals surface area (Å²) in [6.07, 6.45) is 4.60. The van der Waals surface area contributed by atoms with E-state index in [4.69, 9.17) is 5.73 Å². The summed E-state index contributed by atoms with van der Waals surface area (Å²) >= 11 is 0. The van der Waals surface area contributed by atoms with E-state index in [9.17, 15) is 4.79 Å². The fourth-order valence-corrected chi connectivity index (χ4v) is 3.20. The van der Waals surface area contributed by atoms with E-state index >= 15 is 0 Å². The topological polar surface area (TPSA) is 67.2 Å². The maximum atomic E-state index is 12.2. The Bertz CT molecular complexity index is 467. The summed E-state index contributed by atoms with van der Waals surface area (Å²) in [7, 11) is 0. The minimum atomic E-state index is 0.0583. The monoisotopic (exact) mass is 289 g/mol. The molecule has 2 atom stereocenters. The summed E-state index contributed by atoms with van der Waals surface area (Å²) in [5.41, 5.74) is 9.20. The maximum Gasteiger partial charge on any atom is 0.239 e. The van der Waals surface area contributed by atoms with Crippen LogP contribution in [0.4, 0.5) is 5.69 Å². The van der Waals surface area contributed by atoms with E-state index in [1.54, 1.807) is 0 Å². The van der Waals surface area contributed by atoms with E-state index in [1.807, 2.05) is 6.07 Å². The summed E-state index contributed by atoms with van der Waals surface area (Å²) in [6.45, 7) is 5.09. The van der Waals surface area contributed by atoms with Crippen molar-refractivity contribution in [2.75, 3.05) is 18.4 Å². The van der Waals surface area contributed by atoms with Crippen molar-refractivity contribution in [2.45, 2.75) is 45.6 Å². The van der Waals surface area contributed by atoms with Crippen LogP contribution in [-0.4, -0.2) is 25.0 Å². The molecule has 0 aromatic heterocycles. The Morgan fingerprint density at radius 1 is 1.24 bits per heavy atom. The molecule has 2 unspecified atom stereocenters. The number of hydrogen-bond acceptors (Lipinski definition) is 3. The van der Waals surface area contributed by atoms with E-state index in [1.165, 1.54) is 24.0 Å². The second kappa shape index (κ2) is 7.46. The Morgan fingerprint density at radius 3 is 2.57 bits per heavy atom. The first kappa shape index (κ1) is 15.8. The van der Waals surface area contributed by atoms with Crippen LogP contribution in [-0.2, 0) is 4.79 Å². The normalized spacial score (nSPS) is 21.9. The quantitative estimate of drug-likeness (QED) is 0.779. The third-order valence-corrected chi connectivity index (χ3v) is 4.47. The molecule has 0 heterocycles. The zero-order valence-corrected chi connectivity index (χ0v) is 13.1. The zero-order valence-electron chi connectivity index (χ0n) is 13.1. The Balaban J connectivity index is 1.87. The van der Waals surface area contributed by atoms with Crippen LogP contribution in [0.25, 0.3) is 0 Å². The lowest BCUT2D eigenvalue weighted by molar-refractivity contribution is -0.120. The van der Waals surface area contributed by atoms with Crippen molar-refractivity contribution in [2.24, 2.45) is 11.7 Å². The summed E-state index contributed by atoms with van der Waals surface area (Å²) in [6, 6.07) is 6.39. The highest BCUT2D eigenvalue weighted by Gasteiger charge is 2.25. The lowest BCUT2D eigenvalue weighted by atomic mass is 9.84. The van der Waals surface area contributed by atoms with Gasteiger partial charge in [-0.3, -0.25) is 4.79 Å². The highest BCUT2D eigenvalue weighted by Crippen LogP contribution is 2.23. The summed E-state index contributed by atoms with van der Waals surface area (Å²) in [5, 5.41) is 6.41. The minimum absolute atomic E-state index is 0.0583. The largest absolute Gasteiger partial charge is 0.376 e. The summed E-state index contributed by atoms with van der Waals surface area (Å²) < 4.78 is 0. The van der Waals surface area contributed by atoms with Gasteiger partial charge in [-0.05, 0) is 50.3 Å². The van der Waals surface area contributed by atoms with Gasteiger partial charge >= 0.3 is 0 Å². The van der Waals surface area contributed by atoms with Gasteiger partial charge in [0.25, 0.3) is 0 Å². The zero-order chi connectivity index (χ0) is 15.2. The molecule has 1 aromatic rings. The average molecular weight is 289 g/mol. The molecule has 1 aliphatic carbocycles.